The van der Waals surface area contributed by atoms with Crippen LogP contribution in [-0.4, -0.2) is 59.2 Å². The van der Waals surface area contributed by atoms with Crippen LogP contribution in [0.1, 0.15) is 47.9 Å². The molecule has 1 atom stereocenters. The summed E-state index contributed by atoms with van der Waals surface area (Å²) in [6.45, 7) is 3.72. The minimum atomic E-state index is -0.152. The van der Waals surface area contributed by atoms with Crippen molar-refractivity contribution < 1.29 is 14.3 Å². The minimum Gasteiger partial charge on any atom is -0.497 e. The molecule has 2 fully saturated rings. The lowest BCUT2D eigenvalue weighted by atomic mass is 9.99. The Balaban J connectivity index is 1.32. The van der Waals surface area contributed by atoms with E-state index in [1.165, 1.54) is 0 Å². The molecule has 0 spiro atoms. The molecule has 1 aliphatic carbocycles. The largest absolute Gasteiger partial charge is 0.497 e. The van der Waals surface area contributed by atoms with Crippen molar-refractivity contribution in [2.45, 2.75) is 37.9 Å². The van der Waals surface area contributed by atoms with Crippen molar-refractivity contribution in [3.05, 3.63) is 35.7 Å². The number of hydrogen-bond acceptors (Lipinski definition) is 6. The number of likely N-dealkylation sites (tertiary alicyclic amines) is 1. The second kappa shape index (κ2) is 7.19. The summed E-state index contributed by atoms with van der Waals surface area (Å²) in [5.74, 6) is 1.43. The number of ether oxygens (including phenoxy) is 2. The predicted molar refractivity (Wildman–Crippen MR) is 99.1 cm³/mol. The van der Waals surface area contributed by atoms with Crippen molar-refractivity contribution in [3.63, 3.8) is 0 Å². The van der Waals surface area contributed by atoms with Crippen LogP contribution in [0.3, 0.4) is 0 Å². The Labute approximate surface area is 158 Å². The Morgan fingerprint density at radius 3 is 2.70 bits per heavy atom. The second-order valence-corrected chi connectivity index (χ2v) is 7.22. The molecule has 4 rings (SSSR count). The molecule has 2 aliphatic rings. The Bertz CT molecular complexity index is 827. The number of nitrogens with one attached hydrogen (secondary N) is 1. The van der Waals surface area contributed by atoms with Gasteiger partial charge in [0.15, 0.2) is 5.69 Å². The van der Waals surface area contributed by atoms with Gasteiger partial charge >= 0.3 is 0 Å². The van der Waals surface area contributed by atoms with Crippen molar-refractivity contribution in [1.82, 2.24) is 25.2 Å². The first-order valence-corrected chi connectivity index (χ1v) is 9.27. The normalized spacial score (nSPS) is 18.6. The highest BCUT2D eigenvalue weighted by atomic mass is 16.5. The summed E-state index contributed by atoms with van der Waals surface area (Å²) in [5.41, 5.74) is 1.50. The van der Waals surface area contributed by atoms with Gasteiger partial charge in [0.1, 0.15) is 11.5 Å². The van der Waals surface area contributed by atoms with Crippen LogP contribution in [0, 0.1) is 0 Å². The number of benzene rings is 1. The molecule has 2 heterocycles. The number of nitrogens with zero attached hydrogens (tertiary/aromatic N) is 4. The molecule has 8 nitrogen and oxygen atoms in total. The standard InChI is InChI=1S/C19H25N5O3/c1-12(16-7-6-15(26-2)8-18(16)27-3)23-9-13(10-23)20-19(25)17-11-24(22-21-17)14-4-5-14/h6-8,11-14H,4-5,9-10H2,1-3H3,(H,20,25). The summed E-state index contributed by atoms with van der Waals surface area (Å²) in [4.78, 5) is 14.6. The van der Waals surface area contributed by atoms with Gasteiger partial charge in [-0.3, -0.25) is 9.69 Å². The van der Waals surface area contributed by atoms with E-state index >= 15 is 0 Å². The summed E-state index contributed by atoms with van der Waals surface area (Å²) in [6.07, 6.45) is 3.98. The molecular formula is C19H25N5O3. The molecule has 1 amide bonds. The van der Waals surface area contributed by atoms with E-state index in [0.29, 0.717) is 11.7 Å². The molecule has 0 radical (unpaired) electrons. The first kappa shape index (κ1) is 17.8. The van der Waals surface area contributed by atoms with Gasteiger partial charge in [-0.1, -0.05) is 11.3 Å². The third-order valence-corrected chi connectivity index (χ3v) is 5.35. The van der Waals surface area contributed by atoms with E-state index in [1.54, 1.807) is 25.1 Å². The van der Waals surface area contributed by atoms with E-state index in [4.69, 9.17) is 9.47 Å². The van der Waals surface area contributed by atoms with Gasteiger partial charge in [-0.2, -0.15) is 0 Å². The minimum absolute atomic E-state index is 0.121. The van der Waals surface area contributed by atoms with Crippen LogP contribution in [-0.2, 0) is 0 Å². The molecule has 1 aromatic heterocycles. The van der Waals surface area contributed by atoms with Crippen LogP contribution in [0.25, 0.3) is 0 Å². The van der Waals surface area contributed by atoms with Crippen LogP contribution in [0.2, 0.25) is 0 Å². The van der Waals surface area contributed by atoms with E-state index < -0.39 is 0 Å². The highest BCUT2D eigenvalue weighted by Crippen LogP contribution is 2.35. The number of carbonyl (C=O) groups is 1. The zero-order valence-corrected chi connectivity index (χ0v) is 15.9. The lowest BCUT2D eigenvalue weighted by molar-refractivity contribution is 0.0666. The zero-order valence-electron chi connectivity index (χ0n) is 15.9. The molecular weight excluding hydrogens is 346 g/mol. The molecule has 1 N–H and O–H groups in total. The molecule has 1 aromatic carbocycles. The predicted octanol–water partition coefficient (Wildman–Crippen LogP) is 1.81. The summed E-state index contributed by atoms with van der Waals surface area (Å²) in [6, 6.07) is 6.61. The van der Waals surface area contributed by atoms with Crippen molar-refractivity contribution >= 4 is 5.91 Å². The Morgan fingerprint density at radius 2 is 2.04 bits per heavy atom. The first-order chi connectivity index (χ1) is 13.1. The average Bonchev–Trinajstić information content (AvgIpc) is 3.39. The van der Waals surface area contributed by atoms with E-state index in [2.05, 4.69) is 27.5 Å². The van der Waals surface area contributed by atoms with Gasteiger partial charge in [-0.15, -0.1) is 5.10 Å². The van der Waals surface area contributed by atoms with Crippen LogP contribution < -0.4 is 14.8 Å². The average molecular weight is 371 g/mol. The number of rotatable bonds is 7. The molecule has 1 aliphatic heterocycles. The van der Waals surface area contributed by atoms with E-state index in [1.807, 2.05) is 18.2 Å². The Hall–Kier alpha value is -2.61. The zero-order chi connectivity index (χ0) is 19.0. The van der Waals surface area contributed by atoms with Crippen LogP contribution in [0.5, 0.6) is 11.5 Å². The van der Waals surface area contributed by atoms with Crippen LogP contribution in [0.15, 0.2) is 24.4 Å². The van der Waals surface area contributed by atoms with Crippen molar-refractivity contribution in [2.24, 2.45) is 0 Å². The molecule has 1 unspecified atom stereocenters. The van der Waals surface area contributed by atoms with Crippen molar-refractivity contribution in [2.75, 3.05) is 27.3 Å². The smallest absolute Gasteiger partial charge is 0.273 e. The fourth-order valence-electron chi connectivity index (χ4n) is 3.44. The van der Waals surface area contributed by atoms with Crippen molar-refractivity contribution in [1.29, 1.82) is 0 Å². The highest BCUT2D eigenvalue weighted by molar-refractivity contribution is 5.92. The lowest BCUT2D eigenvalue weighted by Gasteiger charge is -2.43. The number of hydrogen-bond donors (Lipinski definition) is 1. The van der Waals surface area contributed by atoms with E-state index in [0.717, 1.165) is 43.0 Å². The van der Waals surface area contributed by atoms with Gasteiger partial charge in [-0.05, 0) is 25.8 Å². The molecule has 1 saturated carbocycles. The maximum Gasteiger partial charge on any atom is 0.273 e. The number of aromatic nitrogens is 3. The van der Waals surface area contributed by atoms with Gasteiger partial charge < -0.3 is 14.8 Å². The molecule has 0 bridgehead atoms. The first-order valence-electron chi connectivity index (χ1n) is 9.27. The fourth-order valence-corrected chi connectivity index (χ4v) is 3.44. The monoisotopic (exact) mass is 371 g/mol. The number of methoxy groups -OCH3 is 2. The maximum atomic E-state index is 12.3. The quantitative estimate of drug-likeness (QED) is 0.799. The van der Waals surface area contributed by atoms with E-state index in [9.17, 15) is 4.79 Å². The summed E-state index contributed by atoms with van der Waals surface area (Å²) >= 11 is 0. The summed E-state index contributed by atoms with van der Waals surface area (Å²) in [7, 11) is 3.31. The van der Waals surface area contributed by atoms with Crippen molar-refractivity contribution in [3.8, 4) is 11.5 Å². The van der Waals surface area contributed by atoms with E-state index in [-0.39, 0.29) is 18.0 Å². The highest BCUT2D eigenvalue weighted by Gasteiger charge is 2.34. The Kier molecular flexibility index (Phi) is 4.73. The second-order valence-electron chi connectivity index (χ2n) is 7.22. The molecule has 2 aromatic rings. The molecule has 1 saturated heterocycles. The summed E-state index contributed by atoms with van der Waals surface area (Å²) in [5, 5.41) is 11.1. The number of amides is 1. The van der Waals surface area contributed by atoms with Gasteiger partial charge in [-0.25, -0.2) is 4.68 Å². The fraction of sp³-hybridized carbons (Fsp3) is 0.526. The van der Waals surface area contributed by atoms with Gasteiger partial charge in [0, 0.05) is 30.8 Å². The third kappa shape index (κ3) is 3.62. The van der Waals surface area contributed by atoms with Gasteiger partial charge in [0.05, 0.1) is 32.5 Å². The lowest BCUT2D eigenvalue weighted by Crippen LogP contribution is -2.59. The number of carbonyl (C=O) groups excluding carboxylic acids is 1. The third-order valence-electron chi connectivity index (χ3n) is 5.35. The van der Waals surface area contributed by atoms with Crippen LogP contribution in [0.4, 0.5) is 0 Å². The molecule has 27 heavy (non-hydrogen) atoms. The van der Waals surface area contributed by atoms with Gasteiger partial charge in [0.25, 0.3) is 5.91 Å². The van der Waals surface area contributed by atoms with Gasteiger partial charge in [0.2, 0.25) is 0 Å². The maximum absolute atomic E-state index is 12.3. The SMILES string of the molecule is COc1ccc(C(C)N2CC(NC(=O)c3cn(C4CC4)nn3)C2)c(OC)c1. The summed E-state index contributed by atoms with van der Waals surface area (Å²) < 4.78 is 12.6. The topological polar surface area (TPSA) is 81.5 Å². The Morgan fingerprint density at radius 1 is 1.26 bits per heavy atom. The van der Waals surface area contributed by atoms with Crippen LogP contribution >= 0.6 is 0 Å². The molecule has 144 valence electrons. The molecule has 8 heteroatoms.